The van der Waals surface area contributed by atoms with Gasteiger partial charge >= 0.3 is 0 Å². The van der Waals surface area contributed by atoms with Crippen LogP contribution in [0.2, 0.25) is 15.2 Å². The largest absolute Gasteiger partial charge is 0.322 e. The van der Waals surface area contributed by atoms with Crippen LogP contribution in [0.15, 0.2) is 6.20 Å². The number of aromatic nitrogens is 1. The van der Waals surface area contributed by atoms with Gasteiger partial charge in [0.15, 0.2) is 0 Å². The number of halogens is 4. The predicted octanol–water partition coefficient (Wildman–Crippen LogP) is 3.01. The van der Waals surface area contributed by atoms with Crippen LogP contribution in [0.25, 0.3) is 0 Å². The summed E-state index contributed by atoms with van der Waals surface area (Å²) in [5.41, 5.74) is 5.73. The van der Waals surface area contributed by atoms with Crippen LogP contribution in [-0.4, -0.2) is 11.7 Å². The molecule has 0 fully saturated rings. The lowest BCUT2D eigenvalue weighted by atomic mass is 10.1. The maximum Gasteiger partial charge on any atom is 0.148 e. The zero-order valence-electron chi connectivity index (χ0n) is 6.40. The van der Waals surface area contributed by atoms with Gasteiger partial charge in [0, 0.05) is 11.8 Å². The van der Waals surface area contributed by atoms with Gasteiger partial charge in [0.25, 0.3) is 0 Å². The first-order valence-electron chi connectivity index (χ1n) is 3.38. The predicted molar refractivity (Wildman–Crippen MR) is 52.2 cm³/mol. The molecule has 1 rings (SSSR count). The third kappa shape index (κ3) is 2.23. The Balaban J connectivity index is 3.25. The van der Waals surface area contributed by atoms with Crippen molar-refractivity contribution in [3.8, 4) is 0 Å². The Morgan fingerprint density at radius 3 is 2.62 bits per heavy atom. The van der Waals surface area contributed by atoms with Gasteiger partial charge in [-0.2, -0.15) is 0 Å². The molecule has 0 bridgehead atoms. The van der Waals surface area contributed by atoms with E-state index in [1.165, 1.54) is 6.20 Å². The molecule has 1 aromatic rings. The number of nitrogens with zero attached hydrogens (tertiary/aromatic N) is 1. The first-order valence-corrected chi connectivity index (χ1v) is 4.52. The van der Waals surface area contributed by atoms with Crippen molar-refractivity contribution in [2.75, 3.05) is 6.67 Å². The number of hydrogen-bond donors (Lipinski definition) is 1. The summed E-state index contributed by atoms with van der Waals surface area (Å²) < 4.78 is 12.3. The number of pyridine rings is 1. The number of rotatable bonds is 2. The Labute approximate surface area is 89.8 Å². The highest BCUT2D eigenvalue weighted by Crippen LogP contribution is 2.33. The second kappa shape index (κ2) is 4.42. The van der Waals surface area contributed by atoms with Gasteiger partial charge in [0.2, 0.25) is 0 Å². The Kier molecular flexibility index (Phi) is 3.74. The zero-order valence-corrected chi connectivity index (χ0v) is 8.67. The number of nitrogens with two attached hydrogens (primary N) is 1. The van der Waals surface area contributed by atoms with Gasteiger partial charge in [-0.1, -0.05) is 34.8 Å². The van der Waals surface area contributed by atoms with Crippen molar-refractivity contribution in [2.24, 2.45) is 5.73 Å². The Hall–Kier alpha value is -0.0900. The lowest BCUT2D eigenvalue weighted by Crippen LogP contribution is -2.13. The van der Waals surface area contributed by atoms with Gasteiger partial charge in [-0.25, -0.2) is 9.37 Å². The molecule has 6 heteroatoms. The van der Waals surface area contributed by atoms with E-state index in [1.54, 1.807) is 0 Å². The third-order valence-corrected chi connectivity index (χ3v) is 2.57. The van der Waals surface area contributed by atoms with Gasteiger partial charge in [0.05, 0.1) is 16.1 Å². The first-order chi connectivity index (χ1) is 6.07. The molecule has 72 valence electrons. The summed E-state index contributed by atoms with van der Waals surface area (Å²) in [4.78, 5) is 3.68. The topological polar surface area (TPSA) is 38.9 Å². The third-order valence-electron chi connectivity index (χ3n) is 1.50. The highest BCUT2D eigenvalue weighted by atomic mass is 35.5. The summed E-state index contributed by atoms with van der Waals surface area (Å²) in [5.74, 6) is 0. The van der Waals surface area contributed by atoms with Crippen LogP contribution in [0.3, 0.4) is 0 Å². The molecule has 0 aliphatic heterocycles. The summed E-state index contributed by atoms with van der Waals surface area (Å²) in [6, 6.07) is -0.861. The Morgan fingerprint density at radius 2 is 2.08 bits per heavy atom. The van der Waals surface area contributed by atoms with Crippen molar-refractivity contribution in [1.29, 1.82) is 0 Å². The van der Waals surface area contributed by atoms with Gasteiger partial charge in [-0.3, -0.25) is 0 Å². The van der Waals surface area contributed by atoms with Crippen molar-refractivity contribution in [1.82, 2.24) is 4.98 Å². The summed E-state index contributed by atoms with van der Waals surface area (Å²) in [6.45, 7) is -0.750. The summed E-state index contributed by atoms with van der Waals surface area (Å²) in [6.07, 6.45) is 1.29. The fraction of sp³-hybridized carbons (Fsp3) is 0.286. The quantitative estimate of drug-likeness (QED) is 0.811. The van der Waals surface area contributed by atoms with E-state index < -0.39 is 12.7 Å². The number of alkyl halides is 1. The summed E-state index contributed by atoms with van der Waals surface area (Å²) in [7, 11) is 0. The van der Waals surface area contributed by atoms with Crippen LogP contribution in [0, 0.1) is 0 Å². The van der Waals surface area contributed by atoms with Crippen molar-refractivity contribution in [3.63, 3.8) is 0 Å². The molecule has 2 N–H and O–H groups in total. The highest BCUT2D eigenvalue weighted by molar-refractivity contribution is 6.43. The highest BCUT2D eigenvalue weighted by Gasteiger charge is 2.17. The molecule has 0 radical (unpaired) electrons. The Bertz CT molecular complexity index is 319. The molecule has 0 unspecified atom stereocenters. The minimum atomic E-state index is -0.861. The molecule has 2 nitrogen and oxygen atoms in total. The second-order valence-corrected chi connectivity index (χ2v) is 3.53. The molecule has 0 aliphatic carbocycles. The minimum Gasteiger partial charge on any atom is -0.322 e. The van der Waals surface area contributed by atoms with Crippen LogP contribution >= 0.6 is 34.8 Å². The van der Waals surface area contributed by atoms with Crippen molar-refractivity contribution in [2.45, 2.75) is 6.04 Å². The monoisotopic (exact) mass is 242 g/mol. The van der Waals surface area contributed by atoms with E-state index in [2.05, 4.69) is 4.98 Å². The molecule has 0 saturated heterocycles. The standard InChI is InChI=1S/C7H6Cl3FN2/c8-3-2-13-7(10)6(9)5(3)4(12)1-11/h2,4H,1,12H2/t4-/m1/s1. The van der Waals surface area contributed by atoms with Gasteiger partial charge in [-0.05, 0) is 0 Å². The fourth-order valence-electron chi connectivity index (χ4n) is 0.873. The van der Waals surface area contributed by atoms with E-state index in [1.807, 2.05) is 0 Å². The van der Waals surface area contributed by atoms with E-state index in [0.29, 0.717) is 5.56 Å². The molecular weight excluding hydrogens is 237 g/mol. The lowest BCUT2D eigenvalue weighted by Gasteiger charge is -2.11. The van der Waals surface area contributed by atoms with Crippen LogP contribution < -0.4 is 5.73 Å². The second-order valence-electron chi connectivity index (χ2n) is 2.39. The van der Waals surface area contributed by atoms with E-state index >= 15 is 0 Å². The van der Waals surface area contributed by atoms with E-state index in [9.17, 15) is 4.39 Å². The minimum absolute atomic E-state index is 0.0740. The van der Waals surface area contributed by atoms with Crippen molar-refractivity contribution < 1.29 is 4.39 Å². The van der Waals surface area contributed by atoms with E-state index in [4.69, 9.17) is 40.5 Å². The van der Waals surface area contributed by atoms with Crippen molar-refractivity contribution >= 4 is 34.8 Å². The van der Waals surface area contributed by atoms with Crippen LogP contribution in [0.4, 0.5) is 4.39 Å². The molecule has 0 saturated carbocycles. The van der Waals surface area contributed by atoms with Gasteiger partial charge < -0.3 is 5.73 Å². The van der Waals surface area contributed by atoms with Crippen LogP contribution in [0.1, 0.15) is 11.6 Å². The Morgan fingerprint density at radius 1 is 1.46 bits per heavy atom. The van der Waals surface area contributed by atoms with E-state index in [0.717, 1.165) is 0 Å². The van der Waals surface area contributed by atoms with Crippen LogP contribution in [-0.2, 0) is 0 Å². The maximum atomic E-state index is 12.3. The summed E-state index contributed by atoms with van der Waals surface area (Å²) >= 11 is 17.1. The lowest BCUT2D eigenvalue weighted by molar-refractivity contribution is 0.437. The smallest absolute Gasteiger partial charge is 0.148 e. The molecular formula is C7H6Cl3FN2. The molecule has 0 spiro atoms. The fourth-order valence-corrected chi connectivity index (χ4v) is 1.65. The molecule has 0 amide bonds. The molecule has 13 heavy (non-hydrogen) atoms. The molecule has 1 heterocycles. The average molecular weight is 243 g/mol. The molecule has 1 atom stereocenters. The van der Waals surface area contributed by atoms with Crippen LogP contribution in [0.5, 0.6) is 0 Å². The molecule has 1 aromatic heterocycles. The number of hydrogen-bond acceptors (Lipinski definition) is 2. The SMILES string of the molecule is N[C@H](CF)c1c(Cl)cnc(Cl)c1Cl. The maximum absolute atomic E-state index is 12.3. The van der Waals surface area contributed by atoms with Crippen molar-refractivity contribution in [3.05, 3.63) is 27.0 Å². The molecule has 0 aromatic carbocycles. The zero-order chi connectivity index (χ0) is 10.0. The van der Waals surface area contributed by atoms with Gasteiger partial charge in [-0.15, -0.1) is 0 Å². The average Bonchev–Trinajstić information content (AvgIpc) is 2.12. The summed E-state index contributed by atoms with van der Waals surface area (Å²) in [5, 5.41) is 0.406. The first kappa shape index (κ1) is 11.0. The molecule has 0 aliphatic rings. The van der Waals surface area contributed by atoms with E-state index in [-0.39, 0.29) is 15.2 Å². The normalized spacial score (nSPS) is 13.0. The van der Waals surface area contributed by atoms with Gasteiger partial charge in [0.1, 0.15) is 11.8 Å².